The average Bonchev–Trinajstić information content (AvgIpc) is 3.05. The first-order valence-electron chi connectivity index (χ1n) is 15.6. The van der Waals surface area contributed by atoms with Crippen LogP contribution in [0.15, 0.2) is 54.9 Å². The molecule has 234 valence electrons. The van der Waals surface area contributed by atoms with Crippen molar-refractivity contribution in [3.8, 4) is 5.75 Å². The summed E-state index contributed by atoms with van der Waals surface area (Å²) in [6.07, 6.45) is 5.30. The largest absolute Gasteiger partial charge is 0.485 e. The van der Waals surface area contributed by atoms with Gasteiger partial charge in [-0.25, -0.2) is 14.8 Å². The molecule has 5 rings (SSSR count). The lowest BCUT2D eigenvalue weighted by molar-refractivity contribution is -0.117. The van der Waals surface area contributed by atoms with Gasteiger partial charge in [0.05, 0.1) is 6.54 Å². The predicted molar refractivity (Wildman–Crippen MR) is 173 cm³/mol. The monoisotopic (exact) mass is 600 g/mol. The first-order chi connectivity index (χ1) is 21.4. The van der Waals surface area contributed by atoms with Gasteiger partial charge in [0.25, 0.3) is 0 Å². The fraction of sp³-hybridized carbons (Fsp3) is 0.455. The molecule has 3 aromatic rings. The highest BCUT2D eigenvalue weighted by Gasteiger charge is 2.24. The van der Waals surface area contributed by atoms with Crippen LogP contribution >= 0.6 is 0 Å². The number of hydrogen-bond donors (Lipinski definition) is 2. The highest BCUT2D eigenvalue weighted by molar-refractivity contribution is 5.91. The predicted octanol–water partition coefficient (Wildman–Crippen LogP) is 3.72. The van der Waals surface area contributed by atoms with Gasteiger partial charge in [0, 0.05) is 70.4 Å². The van der Waals surface area contributed by atoms with Crippen molar-refractivity contribution in [1.29, 1.82) is 0 Å². The Balaban J connectivity index is 1.13. The Morgan fingerprint density at radius 3 is 2.25 bits per heavy atom. The second-order valence-electron chi connectivity index (χ2n) is 11.4. The van der Waals surface area contributed by atoms with Crippen molar-refractivity contribution in [2.45, 2.75) is 33.3 Å². The molecule has 11 heteroatoms. The van der Waals surface area contributed by atoms with Crippen molar-refractivity contribution < 1.29 is 14.3 Å². The summed E-state index contributed by atoms with van der Waals surface area (Å²) in [4.78, 5) is 43.0. The molecule has 2 aliphatic rings. The number of carbonyl (C=O) groups excluding carboxylic acids is 2. The number of ether oxygens (including phenoxy) is 1. The minimum absolute atomic E-state index is 0.0670. The fourth-order valence-electron chi connectivity index (χ4n) is 5.48. The van der Waals surface area contributed by atoms with Crippen LogP contribution in [-0.4, -0.2) is 103 Å². The van der Waals surface area contributed by atoms with Gasteiger partial charge in [0.15, 0.2) is 11.6 Å². The number of anilines is 3. The van der Waals surface area contributed by atoms with Crippen LogP contribution in [0.1, 0.15) is 30.5 Å². The Kier molecular flexibility index (Phi) is 10.6. The van der Waals surface area contributed by atoms with E-state index in [4.69, 9.17) is 4.74 Å². The van der Waals surface area contributed by atoms with E-state index in [1.165, 1.54) is 11.1 Å². The summed E-state index contributed by atoms with van der Waals surface area (Å²) < 4.78 is 6.21. The maximum atomic E-state index is 13.1. The summed E-state index contributed by atoms with van der Waals surface area (Å²) in [7, 11) is 2.10. The molecule has 0 radical (unpaired) electrons. The molecule has 0 aliphatic carbocycles. The highest BCUT2D eigenvalue weighted by atomic mass is 16.5. The van der Waals surface area contributed by atoms with Gasteiger partial charge in [-0.2, -0.15) is 0 Å². The third-order valence-electron chi connectivity index (χ3n) is 8.19. The average molecular weight is 601 g/mol. The Morgan fingerprint density at radius 2 is 1.55 bits per heavy atom. The molecule has 2 fully saturated rings. The van der Waals surface area contributed by atoms with E-state index < -0.39 is 0 Å². The van der Waals surface area contributed by atoms with Crippen LogP contribution in [0.5, 0.6) is 5.75 Å². The summed E-state index contributed by atoms with van der Waals surface area (Å²) in [6, 6.07) is 13.7. The SMILES string of the molecule is CCc1cc(CC)cc(NC(=O)N2CCN(c3ncccc3OCc3ccnc(NC(=O)CN4CCN(C)CC4)c3)CC2)c1. The van der Waals surface area contributed by atoms with E-state index in [9.17, 15) is 9.59 Å². The molecule has 4 heterocycles. The summed E-state index contributed by atoms with van der Waals surface area (Å²) in [6.45, 7) is 11.1. The second-order valence-corrected chi connectivity index (χ2v) is 11.4. The minimum Gasteiger partial charge on any atom is -0.485 e. The number of nitrogens with zero attached hydrogens (tertiary/aromatic N) is 6. The number of pyridine rings is 2. The molecule has 1 aromatic carbocycles. The number of hydrogen-bond acceptors (Lipinski definition) is 8. The molecule has 2 saturated heterocycles. The zero-order valence-electron chi connectivity index (χ0n) is 26.1. The third-order valence-corrected chi connectivity index (χ3v) is 8.19. The van der Waals surface area contributed by atoms with Crippen molar-refractivity contribution in [3.63, 3.8) is 0 Å². The molecular weight excluding hydrogens is 556 g/mol. The number of carbonyl (C=O) groups is 2. The number of likely N-dealkylation sites (N-methyl/N-ethyl adjacent to an activating group) is 1. The third kappa shape index (κ3) is 8.45. The van der Waals surface area contributed by atoms with E-state index in [-0.39, 0.29) is 11.9 Å². The Morgan fingerprint density at radius 1 is 0.818 bits per heavy atom. The van der Waals surface area contributed by atoms with Crippen LogP contribution in [0.25, 0.3) is 0 Å². The van der Waals surface area contributed by atoms with Gasteiger partial charge in [0.2, 0.25) is 5.91 Å². The molecule has 0 spiro atoms. The number of nitrogens with one attached hydrogen (secondary N) is 2. The van der Waals surface area contributed by atoms with E-state index in [0.717, 1.165) is 56.1 Å². The van der Waals surface area contributed by atoms with E-state index in [0.29, 0.717) is 50.9 Å². The second kappa shape index (κ2) is 15.0. The quantitative estimate of drug-likeness (QED) is 0.363. The van der Waals surface area contributed by atoms with Crippen molar-refractivity contribution in [1.82, 2.24) is 24.7 Å². The van der Waals surface area contributed by atoms with Gasteiger partial charge >= 0.3 is 6.03 Å². The maximum Gasteiger partial charge on any atom is 0.321 e. The van der Waals surface area contributed by atoms with Crippen molar-refractivity contribution in [2.24, 2.45) is 0 Å². The topological polar surface area (TPSA) is 106 Å². The molecule has 0 atom stereocenters. The Bertz CT molecular complexity index is 1400. The molecule has 3 amide bonds. The van der Waals surface area contributed by atoms with Crippen LogP contribution in [0.4, 0.5) is 22.1 Å². The molecule has 2 N–H and O–H groups in total. The molecule has 11 nitrogen and oxygen atoms in total. The fourth-order valence-corrected chi connectivity index (χ4v) is 5.48. The normalized spacial score (nSPS) is 16.1. The first kappa shape index (κ1) is 31.2. The number of aromatic nitrogens is 2. The number of amides is 3. The van der Waals surface area contributed by atoms with E-state index in [2.05, 4.69) is 74.4 Å². The number of rotatable bonds is 10. The van der Waals surface area contributed by atoms with Crippen LogP contribution in [0, 0.1) is 0 Å². The van der Waals surface area contributed by atoms with Crippen LogP contribution in [0.3, 0.4) is 0 Å². The molecular formula is C33H44N8O3. The zero-order chi connectivity index (χ0) is 30.9. The number of piperazine rings is 2. The number of aryl methyl sites for hydroxylation is 2. The molecule has 44 heavy (non-hydrogen) atoms. The van der Waals surface area contributed by atoms with Gasteiger partial charge in [-0.1, -0.05) is 19.9 Å². The van der Waals surface area contributed by atoms with Crippen molar-refractivity contribution >= 4 is 29.3 Å². The van der Waals surface area contributed by atoms with Crippen molar-refractivity contribution in [3.05, 3.63) is 71.5 Å². The number of benzene rings is 1. The van der Waals surface area contributed by atoms with Gasteiger partial charge < -0.3 is 30.1 Å². The van der Waals surface area contributed by atoms with Crippen LogP contribution < -0.4 is 20.3 Å². The zero-order valence-corrected chi connectivity index (χ0v) is 26.1. The summed E-state index contributed by atoms with van der Waals surface area (Å²) in [5, 5.41) is 6.02. The van der Waals surface area contributed by atoms with Gasteiger partial charge in [-0.05, 0) is 73.0 Å². The van der Waals surface area contributed by atoms with Gasteiger partial charge in [0.1, 0.15) is 12.4 Å². The lowest BCUT2D eigenvalue weighted by Crippen LogP contribution is -2.50. The standard InChI is InChI=1S/C33H44N8O3/c1-4-25-19-26(5-2)21-28(20-25)36-33(43)41-17-15-40(16-18-41)32-29(7-6-9-35-32)44-24-27-8-10-34-30(22-27)37-31(42)23-39-13-11-38(3)12-14-39/h6-10,19-22H,4-5,11-18,23-24H2,1-3H3,(H,36,43)(H,34,37,42). The summed E-state index contributed by atoms with van der Waals surface area (Å²) in [5.74, 6) is 1.87. The molecule has 0 unspecified atom stereocenters. The minimum atomic E-state index is -0.0819. The first-order valence-corrected chi connectivity index (χ1v) is 15.6. The van der Waals surface area contributed by atoms with Gasteiger partial charge in [-0.15, -0.1) is 0 Å². The Hall–Kier alpha value is -4.22. The van der Waals surface area contributed by atoms with E-state index in [1.54, 1.807) is 12.4 Å². The maximum absolute atomic E-state index is 13.1. The van der Waals surface area contributed by atoms with Crippen molar-refractivity contribution in [2.75, 3.05) is 81.5 Å². The highest BCUT2D eigenvalue weighted by Crippen LogP contribution is 2.27. The molecule has 0 saturated carbocycles. The van der Waals surface area contributed by atoms with E-state index >= 15 is 0 Å². The Labute approximate surface area is 260 Å². The summed E-state index contributed by atoms with van der Waals surface area (Å²) >= 11 is 0. The van der Waals surface area contributed by atoms with Crippen LogP contribution in [-0.2, 0) is 24.2 Å². The van der Waals surface area contributed by atoms with E-state index in [1.807, 2.05) is 29.2 Å². The lowest BCUT2D eigenvalue weighted by Gasteiger charge is -2.35. The smallest absolute Gasteiger partial charge is 0.321 e. The lowest BCUT2D eigenvalue weighted by atomic mass is 10.1. The molecule has 0 bridgehead atoms. The summed E-state index contributed by atoms with van der Waals surface area (Å²) in [5.41, 5.74) is 4.19. The molecule has 2 aliphatic heterocycles. The molecule has 2 aromatic heterocycles. The van der Waals surface area contributed by atoms with Gasteiger partial charge in [-0.3, -0.25) is 9.69 Å². The number of urea groups is 1. The van der Waals surface area contributed by atoms with Crippen LogP contribution in [0.2, 0.25) is 0 Å².